The van der Waals surface area contributed by atoms with Crippen LogP contribution in [0.3, 0.4) is 0 Å². The maximum atomic E-state index is 12.6. The fraction of sp³-hybridized carbons (Fsp3) is 0.409. The van der Waals surface area contributed by atoms with Gasteiger partial charge in [0.1, 0.15) is 5.75 Å². The molecule has 0 unspecified atom stereocenters. The van der Waals surface area contributed by atoms with E-state index in [1.54, 1.807) is 7.11 Å². The van der Waals surface area contributed by atoms with Crippen molar-refractivity contribution >= 4 is 11.7 Å². The number of piperazine rings is 1. The zero-order valence-corrected chi connectivity index (χ0v) is 16.5. The molecular formula is C22H29N3O2. The third-order valence-electron chi connectivity index (χ3n) is 5.36. The molecule has 2 amide bonds. The van der Waals surface area contributed by atoms with Crippen LogP contribution in [0.1, 0.15) is 16.7 Å². The van der Waals surface area contributed by atoms with E-state index in [1.807, 2.05) is 36.1 Å². The number of benzene rings is 2. The minimum atomic E-state index is -0.00357. The zero-order chi connectivity index (χ0) is 19.2. The van der Waals surface area contributed by atoms with Crippen LogP contribution >= 0.6 is 0 Å². The summed E-state index contributed by atoms with van der Waals surface area (Å²) in [7, 11) is 1.70. The summed E-state index contributed by atoms with van der Waals surface area (Å²) in [5.41, 5.74) is 4.50. The standard InChI is InChI=1S/C22H29N3O2/c1-17-6-4-9-21(18(17)2)23-22(26)25-14-12-24(13-15-25)11-10-19-7-5-8-20(16-19)27-3/h4-9,16H,10-15H2,1-3H3,(H,23,26). The number of methoxy groups -OCH3 is 1. The van der Waals surface area contributed by atoms with Gasteiger partial charge in [-0.1, -0.05) is 24.3 Å². The zero-order valence-electron chi connectivity index (χ0n) is 16.5. The number of urea groups is 1. The molecule has 0 atom stereocenters. The highest BCUT2D eigenvalue weighted by Crippen LogP contribution is 2.19. The van der Waals surface area contributed by atoms with Gasteiger partial charge in [-0.25, -0.2) is 4.79 Å². The molecule has 0 bridgehead atoms. The molecule has 5 heteroatoms. The number of nitrogens with zero attached hydrogens (tertiary/aromatic N) is 2. The Bertz CT molecular complexity index is 783. The summed E-state index contributed by atoms with van der Waals surface area (Å²) in [6.45, 7) is 8.44. The van der Waals surface area contributed by atoms with Crippen molar-refractivity contribution in [1.82, 2.24) is 9.80 Å². The Morgan fingerprint density at radius 1 is 1.07 bits per heavy atom. The van der Waals surface area contributed by atoms with Gasteiger partial charge >= 0.3 is 6.03 Å². The van der Waals surface area contributed by atoms with E-state index in [-0.39, 0.29) is 6.03 Å². The predicted molar refractivity (Wildman–Crippen MR) is 110 cm³/mol. The lowest BCUT2D eigenvalue weighted by Crippen LogP contribution is -2.50. The molecule has 1 saturated heterocycles. The van der Waals surface area contributed by atoms with Crippen LogP contribution in [-0.4, -0.2) is 55.7 Å². The lowest BCUT2D eigenvalue weighted by Gasteiger charge is -2.34. The van der Waals surface area contributed by atoms with Crippen LogP contribution in [0.5, 0.6) is 5.75 Å². The molecule has 0 spiro atoms. The quantitative estimate of drug-likeness (QED) is 0.876. The van der Waals surface area contributed by atoms with Crippen molar-refractivity contribution < 1.29 is 9.53 Å². The summed E-state index contributed by atoms with van der Waals surface area (Å²) < 4.78 is 5.29. The minimum absolute atomic E-state index is 0.00357. The maximum absolute atomic E-state index is 12.6. The lowest BCUT2D eigenvalue weighted by molar-refractivity contribution is 0.148. The van der Waals surface area contributed by atoms with Gasteiger partial charge in [-0.15, -0.1) is 0 Å². The molecule has 0 saturated carbocycles. The molecule has 0 aromatic heterocycles. The highest BCUT2D eigenvalue weighted by molar-refractivity contribution is 5.90. The van der Waals surface area contributed by atoms with Gasteiger partial charge in [-0.3, -0.25) is 4.90 Å². The van der Waals surface area contributed by atoms with Crippen molar-refractivity contribution in [3.63, 3.8) is 0 Å². The number of hydrogen-bond acceptors (Lipinski definition) is 3. The summed E-state index contributed by atoms with van der Waals surface area (Å²) >= 11 is 0. The van der Waals surface area contributed by atoms with Crippen molar-refractivity contribution in [3.8, 4) is 5.75 Å². The third kappa shape index (κ3) is 5.01. The fourth-order valence-corrected chi connectivity index (χ4v) is 3.37. The van der Waals surface area contributed by atoms with Crippen LogP contribution in [0.15, 0.2) is 42.5 Å². The SMILES string of the molecule is COc1cccc(CCN2CCN(C(=O)Nc3cccc(C)c3C)CC2)c1. The summed E-state index contributed by atoms with van der Waals surface area (Å²) in [5, 5.41) is 3.06. The molecule has 2 aromatic carbocycles. The first-order valence-corrected chi connectivity index (χ1v) is 9.54. The number of amides is 2. The number of nitrogens with one attached hydrogen (secondary N) is 1. The molecule has 1 aliphatic heterocycles. The fourth-order valence-electron chi connectivity index (χ4n) is 3.37. The maximum Gasteiger partial charge on any atom is 0.321 e. The number of rotatable bonds is 5. The predicted octanol–water partition coefficient (Wildman–Crippen LogP) is 3.70. The van der Waals surface area contributed by atoms with Gasteiger partial charge in [0.05, 0.1) is 7.11 Å². The van der Waals surface area contributed by atoms with E-state index in [0.29, 0.717) is 0 Å². The first kappa shape index (κ1) is 19.2. The number of carbonyl (C=O) groups excluding carboxylic acids is 1. The molecule has 1 heterocycles. The average Bonchev–Trinajstić information content (AvgIpc) is 2.70. The van der Waals surface area contributed by atoms with E-state index in [9.17, 15) is 4.79 Å². The highest BCUT2D eigenvalue weighted by Gasteiger charge is 2.21. The molecular weight excluding hydrogens is 338 g/mol. The Labute approximate surface area is 161 Å². The molecule has 144 valence electrons. The van der Waals surface area contributed by atoms with Gasteiger partial charge in [0.25, 0.3) is 0 Å². The first-order valence-electron chi connectivity index (χ1n) is 9.54. The number of anilines is 1. The van der Waals surface area contributed by atoms with E-state index < -0.39 is 0 Å². The van der Waals surface area contributed by atoms with E-state index in [4.69, 9.17) is 4.74 Å². The number of aryl methyl sites for hydroxylation is 1. The van der Waals surface area contributed by atoms with Crippen LogP contribution < -0.4 is 10.1 Å². The Morgan fingerprint density at radius 3 is 2.56 bits per heavy atom. The Morgan fingerprint density at radius 2 is 1.81 bits per heavy atom. The second kappa shape index (κ2) is 8.91. The van der Waals surface area contributed by atoms with Gasteiger partial charge in [0.2, 0.25) is 0 Å². The van der Waals surface area contributed by atoms with Crippen LogP contribution in [0.4, 0.5) is 10.5 Å². The van der Waals surface area contributed by atoms with Crippen molar-refractivity contribution in [2.75, 3.05) is 45.2 Å². The van der Waals surface area contributed by atoms with Crippen LogP contribution in [-0.2, 0) is 6.42 Å². The highest BCUT2D eigenvalue weighted by atomic mass is 16.5. The molecule has 1 fully saturated rings. The largest absolute Gasteiger partial charge is 0.497 e. The topological polar surface area (TPSA) is 44.8 Å². The molecule has 1 N–H and O–H groups in total. The van der Waals surface area contributed by atoms with E-state index in [1.165, 1.54) is 11.1 Å². The number of ether oxygens (including phenoxy) is 1. The van der Waals surface area contributed by atoms with Crippen molar-refractivity contribution in [2.24, 2.45) is 0 Å². The normalized spacial score (nSPS) is 14.9. The van der Waals surface area contributed by atoms with Gasteiger partial charge in [0.15, 0.2) is 0 Å². The van der Waals surface area contributed by atoms with Gasteiger partial charge in [-0.05, 0) is 55.2 Å². The van der Waals surface area contributed by atoms with Crippen LogP contribution in [0, 0.1) is 13.8 Å². The minimum Gasteiger partial charge on any atom is -0.497 e. The molecule has 3 rings (SSSR count). The summed E-state index contributed by atoms with van der Waals surface area (Å²) in [4.78, 5) is 16.9. The molecule has 0 aliphatic carbocycles. The van der Waals surface area contributed by atoms with E-state index in [2.05, 4.69) is 35.3 Å². The van der Waals surface area contributed by atoms with E-state index in [0.717, 1.165) is 56.1 Å². The van der Waals surface area contributed by atoms with Crippen molar-refractivity contribution in [3.05, 3.63) is 59.2 Å². The Hall–Kier alpha value is -2.53. The van der Waals surface area contributed by atoms with Gasteiger partial charge in [-0.2, -0.15) is 0 Å². The van der Waals surface area contributed by atoms with Gasteiger partial charge < -0.3 is 15.0 Å². The molecule has 2 aromatic rings. The number of hydrogen-bond donors (Lipinski definition) is 1. The molecule has 0 radical (unpaired) electrons. The summed E-state index contributed by atoms with van der Waals surface area (Å²) in [6.07, 6.45) is 0.992. The molecule has 1 aliphatic rings. The smallest absolute Gasteiger partial charge is 0.321 e. The molecule has 5 nitrogen and oxygen atoms in total. The second-order valence-corrected chi connectivity index (χ2v) is 7.11. The summed E-state index contributed by atoms with van der Waals surface area (Å²) in [6, 6.07) is 14.2. The van der Waals surface area contributed by atoms with Gasteiger partial charge in [0, 0.05) is 38.4 Å². The van der Waals surface area contributed by atoms with Crippen molar-refractivity contribution in [1.29, 1.82) is 0 Å². The summed E-state index contributed by atoms with van der Waals surface area (Å²) in [5.74, 6) is 0.903. The van der Waals surface area contributed by atoms with Crippen molar-refractivity contribution in [2.45, 2.75) is 20.3 Å². The monoisotopic (exact) mass is 367 g/mol. The lowest BCUT2D eigenvalue weighted by atomic mass is 10.1. The number of carbonyl (C=O) groups is 1. The second-order valence-electron chi connectivity index (χ2n) is 7.11. The average molecular weight is 367 g/mol. The van der Waals surface area contributed by atoms with E-state index >= 15 is 0 Å². The molecule has 27 heavy (non-hydrogen) atoms. The van der Waals surface area contributed by atoms with Crippen LogP contribution in [0.25, 0.3) is 0 Å². The Balaban J connectivity index is 1.46. The Kier molecular flexibility index (Phi) is 6.35. The van der Waals surface area contributed by atoms with Crippen LogP contribution in [0.2, 0.25) is 0 Å². The third-order valence-corrected chi connectivity index (χ3v) is 5.36. The first-order chi connectivity index (χ1) is 13.1.